The minimum atomic E-state index is -5.09. The highest BCUT2D eigenvalue weighted by molar-refractivity contribution is 7.47. The number of benzene rings is 1. The third-order valence-electron chi connectivity index (χ3n) is 7.60. The van der Waals surface area contributed by atoms with Gasteiger partial charge in [-0.15, -0.1) is 0 Å². The van der Waals surface area contributed by atoms with Gasteiger partial charge in [-0.05, 0) is 23.7 Å². The van der Waals surface area contributed by atoms with Crippen LogP contribution in [0.15, 0.2) is 23.3 Å². The van der Waals surface area contributed by atoms with Crippen LogP contribution in [0.4, 0.5) is 5.95 Å². The molecule has 3 aliphatic heterocycles. The van der Waals surface area contributed by atoms with E-state index in [9.17, 15) is 33.9 Å². The van der Waals surface area contributed by atoms with E-state index >= 15 is 0 Å². The predicted molar refractivity (Wildman–Crippen MR) is 158 cm³/mol. The normalized spacial score (nSPS) is 36.7. The largest absolute Gasteiger partial charge is 0.472 e. The van der Waals surface area contributed by atoms with Crippen LogP contribution in [0.1, 0.15) is 12.5 Å². The quantitative estimate of drug-likeness (QED) is 0.157. The van der Waals surface area contributed by atoms with E-state index in [1.54, 1.807) is 0 Å². The van der Waals surface area contributed by atoms with E-state index in [4.69, 9.17) is 68.1 Å². The topological polar surface area (TPSA) is 278 Å². The van der Waals surface area contributed by atoms with Crippen molar-refractivity contribution < 1.29 is 56.7 Å². The number of nitrogen functional groups attached to an aromatic ring is 1. The summed E-state index contributed by atoms with van der Waals surface area (Å²) in [5.41, 5.74) is 5.20. The maximum absolute atomic E-state index is 13.2. The Morgan fingerprint density at radius 1 is 0.915 bits per heavy atom. The smallest absolute Gasteiger partial charge is 0.386 e. The number of fused-ring (bicyclic) bond motifs is 4. The number of aromatic nitrogens is 6. The molecule has 7 rings (SSSR count). The van der Waals surface area contributed by atoms with Gasteiger partial charge in [0.25, 0.3) is 5.56 Å². The van der Waals surface area contributed by atoms with Gasteiger partial charge >= 0.3 is 15.6 Å². The van der Waals surface area contributed by atoms with Gasteiger partial charge in [-0.3, -0.25) is 37.0 Å². The molecule has 1 aromatic carbocycles. The van der Waals surface area contributed by atoms with Gasteiger partial charge in [0, 0.05) is 0 Å². The number of anilines is 1. The van der Waals surface area contributed by atoms with Gasteiger partial charge in [0.05, 0.1) is 40.6 Å². The summed E-state index contributed by atoms with van der Waals surface area (Å²) in [5.74, 6) is -0.275. The molecule has 4 unspecified atom stereocenters. The molecule has 7 N–H and O–H groups in total. The minimum Gasteiger partial charge on any atom is -0.386 e. The van der Waals surface area contributed by atoms with Gasteiger partial charge in [0.1, 0.15) is 36.6 Å². The van der Waals surface area contributed by atoms with Crippen molar-refractivity contribution in [1.29, 1.82) is 0 Å². The highest BCUT2D eigenvalue weighted by Crippen LogP contribution is 2.54. The van der Waals surface area contributed by atoms with Crippen LogP contribution in [0.2, 0.25) is 15.3 Å². The number of hydrogen-bond acceptors (Lipinski definition) is 15. The van der Waals surface area contributed by atoms with Crippen LogP contribution in [0, 0.1) is 0 Å². The van der Waals surface area contributed by atoms with Crippen molar-refractivity contribution in [2.24, 2.45) is 0 Å². The number of H-pyrrole nitrogens is 1. The molecule has 3 fully saturated rings. The Kier molecular flexibility index (Phi) is 8.48. The Bertz CT molecular complexity index is 2050. The molecule has 10 atom stereocenters. The van der Waals surface area contributed by atoms with E-state index in [2.05, 4.69) is 19.9 Å². The molecule has 25 heteroatoms. The first-order valence-electron chi connectivity index (χ1n) is 13.4. The molecule has 0 saturated carbocycles. The fraction of sp³-hybridized carbons (Fsp3) is 0.455. The third kappa shape index (κ3) is 6.01. The number of halogens is 3. The van der Waals surface area contributed by atoms with E-state index in [1.807, 2.05) is 0 Å². The van der Waals surface area contributed by atoms with Gasteiger partial charge in [-0.2, -0.15) is 4.98 Å². The third-order valence-corrected chi connectivity index (χ3v) is 10.6. The molecule has 3 aliphatic rings. The Balaban J connectivity index is 1.18. The second kappa shape index (κ2) is 12.0. The number of hydrogen-bond donors (Lipinski definition) is 6. The lowest BCUT2D eigenvalue weighted by Crippen LogP contribution is -2.39. The minimum absolute atomic E-state index is 0.113. The molecule has 0 aliphatic carbocycles. The summed E-state index contributed by atoms with van der Waals surface area (Å²) in [7, 11) is -10.2. The zero-order chi connectivity index (χ0) is 33.6. The molecular formula is C22H22Cl3N7O13P2. The van der Waals surface area contributed by atoms with Crippen LogP contribution >= 0.6 is 50.4 Å². The number of ether oxygens (including phenoxy) is 2. The zero-order valence-corrected chi connectivity index (χ0v) is 27.1. The van der Waals surface area contributed by atoms with Crippen molar-refractivity contribution in [2.45, 2.75) is 49.1 Å². The fourth-order valence-corrected chi connectivity index (χ4v) is 8.07. The van der Waals surface area contributed by atoms with E-state index < -0.39 is 83.5 Å². The monoisotopic (exact) mass is 759 g/mol. The molecule has 0 amide bonds. The summed E-state index contributed by atoms with van der Waals surface area (Å²) < 4.78 is 61.1. The molecule has 0 bridgehead atoms. The number of nitrogens with one attached hydrogen (secondary N) is 1. The van der Waals surface area contributed by atoms with Gasteiger partial charge in [-0.1, -0.05) is 23.2 Å². The van der Waals surface area contributed by atoms with Crippen molar-refractivity contribution >= 4 is 78.6 Å². The Hall–Kier alpha value is -2.23. The maximum Gasteiger partial charge on any atom is 0.472 e. The summed E-state index contributed by atoms with van der Waals surface area (Å²) >= 11 is 18.6. The summed E-state index contributed by atoms with van der Waals surface area (Å²) in [6, 6.07) is 2.82. The number of nitrogens with zero attached hydrogens (tertiary/aromatic N) is 5. The molecule has 47 heavy (non-hydrogen) atoms. The summed E-state index contributed by atoms with van der Waals surface area (Å²) in [6.07, 6.45) is -11.8. The Morgan fingerprint density at radius 3 is 2.13 bits per heavy atom. The number of aromatic amines is 1. The maximum atomic E-state index is 13.2. The summed E-state index contributed by atoms with van der Waals surface area (Å²) in [5, 5.41) is 22.5. The van der Waals surface area contributed by atoms with Crippen LogP contribution in [0.25, 0.3) is 22.2 Å². The number of aliphatic hydroxyl groups excluding tert-OH is 2. The van der Waals surface area contributed by atoms with Gasteiger partial charge in [0.2, 0.25) is 11.2 Å². The highest BCUT2D eigenvalue weighted by Gasteiger charge is 2.54. The second-order valence-corrected chi connectivity index (χ2v) is 14.5. The van der Waals surface area contributed by atoms with E-state index in [0.29, 0.717) is 0 Å². The van der Waals surface area contributed by atoms with Crippen molar-refractivity contribution in [3.8, 4) is 0 Å². The fourth-order valence-electron chi connectivity index (χ4n) is 5.55. The van der Waals surface area contributed by atoms with Crippen LogP contribution in [0.3, 0.4) is 0 Å². The molecular weight excluding hydrogens is 739 g/mol. The van der Waals surface area contributed by atoms with E-state index in [0.717, 1.165) is 10.9 Å². The molecule has 0 radical (unpaired) electrons. The van der Waals surface area contributed by atoms with Gasteiger partial charge in [0.15, 0.2) is 23.6 Å². The predicted octanol–water partition coefficient (Wildman–Crippen LogP) is 1.25. The van der Waals surface area contributed by atoms with Crippen LogP contribution in [-0.2, 0) is 36.7 Å². The average Bonchev–Trinajstić information content (AvgIpc) is 3.70. The highest BCUT2D eigenvalue weighted by atomic mass is 35.5. The van der Waals surface area contributed by atoms with Crippen molar-refractivity contribution in [1.82, 2.24) is 29.1 Å². The molecule has 6 heterocycles. The number of phosphoric ester groups is 2. The standard InChI is InChI=1S/C22H22Cl3N7O13P2/c23-6-1-8-9(2-7(6)24)32(21(25)28-8)20-14(34)16-11(43-20)4-41-46(36,37)44-15-10(3-40-47(38,39)45-16)42-19(13(15)33)31-5-27-12-17(31)29-22(26)30-18(12)35/h1-2,5,10-11,13-16,19-20,33-34H,3-4H2,(H,36,37)(H,38,39)(H3,26,29,30,35)/t10-,11-,13+,14?,15?,16+,19-,20-/m1/s1. The Labute approximate surface area is 276 Å². The lowest BCUT2D eigenvalue weighted by Gasteiger charge is -2.27. The van der Waals surface area contributed by atoms with Crippen LogP contribution < -0.4 is 11.3 Å². The number of imidazole rings is 2. The average molecular weight is 761 g/mol. The van der Waals surface area contributed by atoms with E-state index in [-0.39, 0.29) is 43.5 Å². The van der Waals surface area contributed by atoms with Crippen LogP contribution in [-0.4, -0.2) is 98.9 Å². The lowest BCUT2D eigenvalue weighted by molar-refractivity contribution is -0.0663. The van der Waals surface area contributed by atoms with Gasteiger partial charge < -0.3 is 35.2 Å². The number of aliphatic hydroxyl groups is 2. The molecule has 0 spiro atoms. The number of rotatable bonds is 2. The first-order valence-corrected chi connectivity index (χ1v) is 17.5. The Morgan fingerprint density at radius 2 is 1.49 bits per heavy atom. The molecule has 20 nitrogen and oxygen atoms in total. The summed E-state index contributed by atoms with van der Waals surface area (Å²) in [4.78, 5) is 47.9. The first kappa shape index (κ1) is 33.3. The zero-order valence-electron chi connectivity index (χ0n) is 23.1. The summed E-state index contributed by atoms with van der Waals surface area (Å²) in [6.45, 7) is -1.71. The lowest BCUT2D eigenvalue weighted by atomic mass is 10.1. The van der Waals surface area contributed by atoms with Crippen LogP contribution in [0.5, 0.6) is 0 Å². The molecule has 4 aromatic rings. The SMILES string of the molecule is Nc1nc2c(ncn2[C@@H]2O[C@@H]3COP(=O)(O)O[C@@H]4C(O)[C@H](n5c(Cl)nc6cc(Cl)c(Cl)cc65)O[C@@H]4COP(=O)(O)OC3[C@@H]2O)c(=O)[nH]1. The molecule has 3 aromatic heterocycles. The number of nitrogens with two attached hydrogens (primary N) is 1. The molecule has 254 valence electrons. The van der Waals surface area contributed by atoms with Crippen molar-refractivity contribution in [3.05, 3.63) is 44.1 Å². The number of phosphoric acid groups is 2. The van der Waals surface area contributed by atoms with Crippen molar-refractivity contribution in [3.63, 3.8) is 0 Å². The first-order chi connectivity index (χ1) is 22.1. The van der Waals surface area contributed by atoms with Gasteiger partial charge in [-0.25, -0.2) is 19.1 Å². The van der Waals surface area contributed by atoms with Crippen molar-refractivity contribution in [2.75, 3.05) is 18.9 Å². The molecule has 3 saturated heterocycles. The second-order valence-electron chi connectivity index (χ2n) is 10.6. The van der Waals surface area contributed by atoms with E-state index in [1.165, 1.54) is 16.7 Å².